The zero-order valence-electron chi connectivity index (χ0n) is 15.3. The molecule has 0 unspecified atom stereocenters. The average molecular weight is 350 g/mol. The highest BCUT2D eigenvalue weighted by molar-refractivity contribution is 5.78. The summed E-state index contributed by atoms with van der Waals surface area (Å²) >= 11 is 0. The minimum absolute atomic E-state index is 0.0394. The fourth-order valence-corrected chi connectivity index (χ4v) is 4.46. The Bertz CT molecular complexity index is 749. The highest BCUT2D eigenvalue weighted by Gasteiger charge is 2.47. The topological polar surface area (TPSA) is 41.6 Å². The van der Waals surface area contributed by atoms with Crippen molar-refractivity contribution < 1.29 is 9.53 Å². The molecule has 1 spiro atoms. The molecule has 0 bridgehead atoms. The highest BCUT2D eigenvalue weighted by Crippen LogP contribution is 2.43. The molecule has 136 valence electrons. The van der Waals surface area contributed by atoms with Crippen LogP contribution < -0.4 is 10.1 Å². The Balaban J connectivity index is 1.47. The molecule has 0 atom stereocenters. The third-order valence-electron chi connectivity index (χ3n) is 6.07. The third-order valence-corrected chi connectivity index (χ3v) is 6.07. The zero-order chi connectivity index (χ0) is 18.0. The van der Waals surface area contributed by atoms with Crippen molar-refractivity contribution in [1.82, 2.24) is 10.2 Å². The van der Waals surface area contributed by atoms with Gasteiger partial charge in [0, 0.05) is 13.1 Å². The fourth-order valence-electron chi connectivity index (χ4n) is 4.46. The van der Waals surface area contributed by atoms with Crippen LogP contribution in [-0.2, 0) is 6.54 Å². The molecule has 4 nitrogen and oxygen atoms in total. The van der Waals surface area contributed by atoms with Crippen LogP contribution in [0, 0.1) is 0 Å². The van der Waals surface area contributed by atoms with Crippen LogP contribution in [0.4, 0.5) is 4.79 Å². The molecule has 4 heteroatoms. The lowest BCUT2D eigenvalue weighted by molar-refractivity contribution is 0.107. The first-order valence-electron chi connectivity index (χ1n) is 9.43. The van der Waals surface area contributed by atoms with Crippen LogP contribution in [0.25, 0.3) is 0 Å². The van der Waals surface area contributed by atoms with Gasteiger partial charge in [-0.1, -0.05) is 42.5 Å². The summed E-state index contributed by atoms with van der Waals surface area (Å²) in [5, 5.41) is 3.09. The first kappa shape index (κ1) is 17.0. The van der Waals surface area contributed by atoms with Crippen LogP contribution in [0.2, 0.25) is 0 Å². The molecule has 2 fully saturated rings. The van der Waals surface area contributed by atoms with Gasteiger partial charge in [-0.2, -0.15) is 0 Å². The Morgan fingerprint density at radius 2 is 1.77 bits per heavy atom. The summed E-state index contributed by atoms with van der Waals surface area (Å²) in [7, 11) is 1.67. The number of nitrogens with zero attached hydrogens (tertiary/aromatic N) is 1. The minimum Gasteiger partial charge on any atom is -0.497 e. The monoisotopic (exact) mass is 350 g/mol. The zero-order valence-corrected chi connectivity index (χ0v) is 15.3. The molecular formula is C22H26N2O2. The second kappa shape index (κ2) is 7.02. The molecule has 1 saturated carbocycles. The smallest absolute Gasteiger partial charge is 0.318 e. The normalized spacial score (nSPS) is 25.3. The number of nitrogens with one attached hydrogen (secondary N) is 1. The highest BCUT2D eigenvalue weighted by atomic mass is 16.5. The molecule has 0 aromatic heterocycles. The SMILES string of the molecule is COc1ccc(CN2C(=O)NCC23CCC(c2ccccc2)CC3)cc1. The molecule has 1 saturated heterocycles. The van der Waals surface area contributed by atoms with E-state index >= 15 is 0 Å². The number of hydrogen-bond donors (Lipinski definition) is 1. The van der Waals surface area contributed by atoms with Gasteiger partial charge in [0.15, 0.2) is 0 Å². The van der Waals surface area contributed by atoms with Crippen molar-refractivity contribution in [1.29, 1.82) is 0 Å². The van der Waals surface area contributed by atoms with Gasteiger partial charge in [0.2, 0.25) is 0 Å². The van der Waals surface area contributed by atoms with Crippen LogP contribution >= 0.6 is 0 Å². The summed E-state index contributed by atoms with van der Waals surface area (Å²) in [6, 6.07) is 18.9. The van der Waals surface area contributed by atoms with Crippen molar-refractivity contribution in [2.75, 3.05) is 13.7 Å². The molecular weight excluding hydrogens is 324 g/mol. The van der Waals surface area contributed by atoms with Crippen LogP contribution in [0.3, 0.4) is 0 Å². The number of hydrogen-bond acceptors (Lipinski definition) is 2. The lowest BCUT2D eigenvalue weighted by Gasteiger charge is -2.42. The Morgan fingerprint density at radius 3 is 2.42 bits per heavy atom. The van der Waals surface area contributed by atoms with E-state index in [1.165, 1.54) is 5.56 Å². The standard InChI is InChI=1S/C22H26N2O2/c1-26-20-9-7-17(8-10-20)15-24-21(25)23-16-22(24)13-11-19(12-14-22)18-5-3-2-4-6-18/h2-10,19H,11-16H2,1H3,(H,23,25). The van der Waals surface area contributed by atoms with Crippen LogP contribution in [0.15, 0.2) is 54.6 Å². The Morgan fingerprint density at radius 1 is 1.08 bits per heavy atom. The number of methoxy groups -OCH3 is 1. The van der Waals surface area contributed by atoms with E-state index in [0.717, 1.165) is 43.5 Å². The van der Waals surface area contributed by atoms with Gasteiger partial charge in [-0.15, -0.1) is 0 Å². The molecule has 26 heavy (non-hydrogen) atoms. The van der Waals surface area contributed by atoms with E-state index in [2.05, 4.69) is 40.5 Å². The summed E-state index contributed by atoms with van der Waals surface area (Å²) in [5.41, 5.74) is 2.54. The van der Waals surface area contributed by atoms with Crippen molar-refractivity contribution in [2.24, 2.45) is 0 Å². The Labute approximate surface area is 155 Å². The van der Waals surface area contributed by atoms with Crippen molar-refractivity contribution in [3.63, 3.8) is 0 Å². The van der Waals surface area contributed by atoms with Crippen LogP contribution in [0.1, 0.15) is 42.7 Å². The van der Waals surface area contributed by atoms with Gasteiger partial charge in [0.25, 0.3) is 0 Å². The number of urea groups is 1. The quantitative estimate of drug-likeness (QED) is 0.892. The van der Waals surface area contributed by atoms with Gasteiger partial charge in [0.05, 0.1) is 12.6 Å². The maximum absolute atomic E-state index is 12.5. The van der Waals surface area contributed by atoms with Gasteiger partial charge in [-0.05, 0) is 54.9 Å². The van der Waals surface area contributed by atoms with Gasteiger partial charge in [-0.3, -0.25) is 0 Å². The summed E-state index contributed by atoms with van der Waals surface area (Å²) in [6.45, 7) is 1.43. The first-order valence-corrected chi connectivity index (χ1v) is 9.43. The van der Waals surface area contributed by atoms with Crippen LogP contribution in [-0.4, -0.2) is 30.1 Å². The van der Waals surface area contributed by atoms with E-state index in [1.807, 2.05) is 24.3 Å². The number of amides is 2. The second-order valence-corrected chi connectivity index (χ2v) is 7.50. The van der Waals surface area contributed by atoms with Gasteiger partial charge in [-0.25, -0.2) is 4.79 Å². The van der Waals surface area contributed by atoms with Gasteiger partial charge < -0.3 is 15.0 Å². The lowest BCUT2D eigenvalue weighted by atomic mass is 9.73. The molecule has 0 radical (unpaired) electrons. The first-order chi connectivity index (χ1) is 12.7. The second-order valence-electron chi connectivity index (χ2n) is 7.50. The van der Waals surface area contributed by atoms with E-state index in [9.17, 15) is 4.79 Å². The van der Waals surface area contributed by atoms with Crippen molar-refractivity contribution >= 4 is 6.03 Å². The molecule has 1 aliphatic carbocycles. The van der Waals surface area contributed by atoms with Gasteiger partial charge >= 0.3 is 6.03 Å². The number of carbonyl (C=O) groups is 1. The molecule has 4 rings (SSSR count). The average Bonchev–Trinajstić information content (AvgIpc) is 2.99. The predicted octanol–water partition coefficient (Wildman–Crippen LogP) is 4.32. The summed E-state index contributed by atoms with van der Waals surface area (Å²) < 4.78 is 5.23. The summed E-state index contributed by atoms with van der Waals surface area (Å²) in [5.74, 6) is 1.46. The van der Waals surface area contributed by atoms with Crippen molar-refractivity contribution in [2.45, 2.75) is 43.7 Å². The third kappa shape index (κ3) is 3.16. The van der Waals surface area contributed by atoms with E-state index in [-0.39, 0.29) is 11.6 Å². The lowest BCUT2D eigenvalue weighted by Crippen LogP contribution is -2.48. The number of carbonyl (C=O) groups excluding carboxylic acids is 1. The number of rotatable bonds is 4. The molecule has 1 aliphatic heterocycles. The minimum atomic E-state index is -0.0394. The Hall–Kier alpha value is -2.49. The van der Waals surface area contributed by atoms with E-state index < -0.39 is 0 Å². The number of ether oxygens (including phenoxy) is 1. The molecule has 2 aliphatic rings. The molecule has 2 aromatic rings. The van der Waals surface area contributed by atoms with E-state index in [1.54, 1.807) is 7.11 Å². The summed E-state index contributed by atoms with van der Waals surface area (Å²) in [6.07, 6.45) is 4.39. The number of benzene rings is 2. The fraction of sp³-hybridized carbons (Fsp3) is 0.409. The maximum atomic E-state index is 12.5. The van der Waals surface area contributed by atoms with Crippen molar-refractivity contribution in [3.05, 3.63) is 65.7 Å². The largest absolute Gasteiger partial charge is 0.497 e. The van der Waals surface area contributed by atoms with Crippen LogP contribution in [0.5, 0.6) is 5.75 Å². The van der Waals surface area contributed by atoms with Gasteiger partial charge in [0.1, 0.15) is 5.75 Å². The summed E-state index contributed by atoms with van der Waals surface area (Å²) in [4.78, 5) is 14.6. The Kier molecular flexibility index (Phi) is 4.58. The molecule has 2 aromatic carbocycles. The molecule has 1 N–H and O–H groups in total. The maximum Gasteiger partial charge on any atom is 0.318 e. The van der Waals surface area contributed by atoms with Crippen molar-refractivity contribution in [3.8, 4) is 5.75 Å². The van der Waals surface area contributed by atoms with E-state index in [0.29, 0.717) is 12.5 Å². The molecule has 1 heterocycles. The molecule has 2 amide bonds. The predicted molar refractivity (Wildman–Crippen MR) is 102 cm³/mol. The van der Waals surface area contributed by atoms with E-state index in [4.69, 9.17) is 4.74 Å².